The summed E-state index contributed by atoms with van der Waals surface area (Å²) >= 11 is 0. The fraction of sp³-hybridized carbons (Fsp3) is 0.154. The number of hydrogen-bond donors (Lipinski definition) is 2. The van der Waals surface area contributed by atoms with Gasteiger partial charge in [-0.15, -0.1) is 0 Å². The molecule has 1 atom stereocenters. The van der Waals surface area contributed by atoms with Gasteiger partial charge in [-0.2, -0.15) is 0 Å². The number of aromatic nitrogens is 2. The molecule has 1 aromatic heterocycles. The number of anilines is 1. The van der Waals surface area contributed by atoms with E-state index in [-0.39, 0.29) is 11.4 Å². The van der Waals surface area contributed by atoms with Crippen molar-refractivity contribution in [2.75, 3.05) is 5.32 Å². The molecule has 5 nitrogen and oxygen atoms in total. The second-order valence-corrected chi connectivity index (χ2v) is 4.13. The summed E-state index contributed by atoms with van der Waals surface area (Å²) in [6, 6.07) is 5.86. The van der Waals surface area contributed by atoms with Gasteiger partial charge in [0, 0.05) is 12.4 Å². The minimum atomic E-state index is -1.56. The maximum absolute atomic E-state index is 13.6. The lowest BCUT2D eigenvalue weighted by molar-refractivity contribution is -0.142. The Hall–Kier alpha value is -2.50. The van der Waals surface area contributed by atoms with Gasteiger partial charge in [0.15, 0.2) is 5.54 Å². The smallest absolute Gasteiger partial charge is 0.335 e. The Morgan fingerprint density at radius 3 is 2.68 bits per heavy atom. The molecule has 2 rings (SSSR count). The summed E-state index contributed by atoms with van der Waals surface area (Å²) < 4.78 is 13.6. The molecular formula is C13H12FN3O2. The Labute approximate surface area is 109 Å². The average molecular weight is 261 g/mol. The van der Waals surface area contributed by atoms with E-state index in [1.54, 1.807) is 6.07 Å². The van der Waals surface area contributed by atoms with E-state index in [1.807, 2.05) is 0 Å². The highest BCUT2D eigenvalue weighted by molar-refractivity contribution is 5.83. The Morgan fingerprint density at radius 2 is 2.11 bits per heavy atom. The van der Waals surface area contributed by atoms with Gasteiger partial charge in [-0.3, -0.25) is 9.97 Å². The first-order valence-electron chi connectivity index (χ1n) is 5.56. The number of carboxylic acid groups (broad SMARTS) is 1. The summed E-state index contributed by atoms with van der Waals surface area (Å²) in [5.41, 5.74) is -1.26. The molecule has 0 amide bonds. The average Bonchev–Trinajstić information content (AvgIpc) is 2.42. The molecule has 0 fully saturated rings. The van der Waals surface area contributed by atoms with Crippen LogP contribution in [0.1, 0.15) is 12.6 Å². The number of hydrogen-bond acceptors (Lipinski definition) is 4. The number of nitrogens with one attached hydrogen (secondary N) is 1. The van der Waals surface area contributed by atoms with Crippen LogP contribution in [-0.2, 0) is 10.3 Å². The Balaban J connectivity index is 2.42. The molecule has 1 heterocycles. The Kier molecular flexibility index (Phi) is 3.41. The van der Waals surface area contributed by atoms with E-state index in [1.165, 1.54) is 43.7 Å². The highest BCUT2D eigenvalue weighted by Crippen LogP contribution is 2.26. The van der Waals surface area contributed by atoms with Crippen molar-refractivity contribution in [2.45, 2.75) is 12.5 Å². The van der Waals surface area contributed by atoms with Gasteiger partial charge in [0.1, 0.15) is 5.82 Å². The molecule has 0 aliphatic carbocycles. The molecular weight excluding hydrogens is 249 g/mol. The second kappa shape index (κ2) is 5.01. The maximum atomic E-state index is 13.6. The predicted octanol–water partition coefficient (Wildman–Crippen LogP) is 2.03. The van der Waals surface area contributed by atoms with Crippen LogP contribution in [0.15, 0.2) is 42.9 Å². The molecule has 0 radical (unpaired) electrons. The zero-order valence-electron chi connectivity index (χ0n) is 10.2. The first kappa shape index (κ1) is 12.9. The standard InChI is InChI=1S/C13H12FN3O2/c1-13(12(18)19,11-8-15-6-7-16-11)17-10-5-3-2-4-9(10)14/h2-8,17H,1H3,(H,18,19). The number of carbonyl (C=O) groups is 1. The van der Waals surface area contributed by atoms with Crippen molar-refractivity contribution in [1.82, 2.24) is 9.97 Å². The molecule has 1 unspecified atom stereocenters. The number of rotatable bonds is 4. The molecule has 1 aromatic carbocycles. The Bertz CT molecular complexity index is 591. The summed E-state index contributed by atoms with van der Waals surface area (Å²) in [6.07, 6.45) is 4.16. The van der Waals surface area contributed by atoms with Crippen LogP contribution < -0.4 is 5.32 Å². The lowest BCUT2D eigenvalue weighted by Gasteiger charge is -2.26. The molecule has 0 aliphatic rings. The van der Waals surface area contributed by atoms with Gasteiger partial charge in [-0.25, -0.2) is 9.18 Å². The zero-order chi connectivity index (χ0) is 13.9. The van der Waals surface area contributed by atoms with E-state index >= 15 is 0 Å². The van der Waals surface area contributed by atoms with Crippen LogP contribution in [0, 0.1) is 5.82 Å². The maximum Gasteiger partial charge on any atom is 0.335 e. The normalized spacial score (nSPS) is 13.6. The van der Waals surface area contributed by atoms with Gasteiger partial charge in [0.2, 0.25) is 0 Å². The molecule has 19 heavy (non-hydrogen) atoms. The summed E-state index contributed by atoms with van der Waals surface area (Å²) in [7, 11) is 0. The first-order chi connectivity index (χ1) is 9.04. The largest absolute Gasteiger partial charge is 0.479 e. The quantitative estimate of drug-likeness (QED) is 0.880. The third-order valence-electron chi connectivity index (χ3n) is 2.76. The van der Waals surface area contributed by atoms with E-state index in [9.17, 15) is 14.3 Å². The first-order valence-corrected chi connectivity index (χ1v) is 5.56. The van der Waals surface area contributed by atoms with Crippen molar-refractivity contribution in [1.29, 1.82) is 0 Å². The molecule has 6 heteroatoms. The second-order valence-electron chi connectivity index (χ2n) is 4.13. The van der Waals surface area contributed by atoms with Gasteiger partial charge in [-0.05, 0) is 19.1 Å². The van der Waals surface area contributed by atoms with Crippen LogP contribution in [0.2, 0.25) is 0 Å². The Morgan fingerprint density at radius 1 is 1.37 bits per heavy atom. The van der Waals surface area contributed by atoms with Crippen LogP contribution in [-0.4, -0.2) is 21.0 Å². The summed E-state index contributed by atoms with van der Waals surface area (Å²) in [4.78, 5) is 19.3. The number of carboxylic acids is 1. The van der Waals surface area contributed by atoms with Gasteiger partial charge >= 0.3 is 5.97 Å². The van der Waals surface area contributed by atoms with Crippen molar-refractivity contribution in [2.24, 2.45) is 0 Å². The summed E-state index contributed by atoms with van der Waals surface area (Å²) in [5, 5.41) is 12.0. The summed E-state index contributed by atoms with van der Waals surface area (Å²) in [5.74, 6) is -1.70. The number of aliphatic carboxylic acids is 1. The fourth-order valence-corrected chi connectivity index (χ4v) is 1.62. The topological polar surface area (TPSA) is 75.1 Å². The van der Waals surface area contributed by atoms with E-state index in [0.717, 1.165) is 0 Å². The molecule has 0 saturated carbocycles. The van der Waals surface area contributed by atoms with Gasteiger partial charge in [-0.1, -0.05) is 12.1 Å². The van der Waals surface area contributed by atoms with Crippen LogP contribution in [0.4, 0.5) is 10.1 Å². The van der Waals surface area contributed by atoms with Gasteiger partial charge in [0.05, 0.1) is 17.6 Å². The molecule has 0 saturated heterocycles. The zero-order valence-corrected chi connectivity index (χ0v) is 10.2. The highest BCUT2D eigenvalue weighted by atomic mass is 19.1. The van der Waals surface area contributed by atoms with Crippen LogP contribution in [0.25, 0.3) is 0 Å². The summed E-state index contributed by atoms with van der Waals surface area (Å²) in [6.45, 7) is 1.41. The third-order valence-corrected chi connectivity index (χ3v) is 2.76. The number of benzene rings is 1. The molecule has 2 N–H and O–H groups in total. The number of halogens is 1. The van der Waals surface area contributed by atoms with E-state index in [2.05, 4.69) is 15.3 Å². The van der Waals surface area contributed by atoms with Gasteiger partial charge < -0.3 is 10.4 Å². The minimum absolute atomic E-state index is 0.0954. The molecule has 0 spiro atoms. The predicted molar refractivity (Wildman–Crippen MR) is 67.0 cm³/mol. The molecule has 0 aliphatic heterocycles. The number of para-hydroxylation sites is 1. The minimum Gasteiger partial charge on any atom is -0.479 e. The van der Waals surface area contributed by atoms with Crippen molar-refractivity contribution in [3.8, 4) is 0 Å². The lowest BCUT2D eigenvalue weighted by atomic mass is 9.97. The van der Waals surface area contributed by atoms with Gasteiger partial charge in [0.25, 0.3) is 0 Å². The highest BCUT2D eigenvalue weighted by Gasteiger charge is 2.37. The SMILES string of the molecule is CC(Nc1ccccc1F)(C(=O)O)c1cnccn1. The van der Waals surface area contributed by atoms with Crippen LogP contribution in [0.5, 0.6) is 0 Å². The van der Waals surface area contributed by atoms with E-state index in [0.29, 0.717) is 0 Å². The van der Waals surface area contributed by atoms with Crippen molar-refractivity contribution in [3.63, 3.8) is 0 Å². The monoisotopic (exact) mass is 261 g/mol. The fourth-order valence-electron chi connectivity index (χ4n) is 1.62. The van der Waals surface area contributed by atoms with E-state index in [4.69, 9.17) is 0 Å². The van der Waals surface area contributed by atoms with Crippen LogP contribution in [0.3, 0.4) is 0 Å². The third kappa shape index (κ3) is 2.52. The molecule has 98 valence electrons. The number of nitrogens with zero attached hydrogens (tertiary/aromatic N) is 2. The lowest BCUT2D eigenvalue weighted by Crippen LogP contribution is -2.41. The van der Waals surface area contributed by atoms with Crippen molar-refractivity contribution < 1.29 is 14.3 Å². The van der Waals surface area contributed by atoms with Crippen molar-refractivity contribution in [3.05, 3.63) is 54.4 Å². The van der Waals surface area contributed by atoms with Crippen LogP contribution >= 0.6 is 0 Å². The van der Waals surface area contributed by atoms with Crippen molar-refractivity contribution >= 4 is 11.7 Å². The molecule has 0 bridgehead atoms. The molecule has 2 aromatic rings. The van der Waals surface area contributed by atoms with E-state index < -0.39 is 17.3 Å².